The molecule has 1 unspecified atom stereocenters. The normalized spacial score (nSPS) is 18.3. The van der Waals surface area contributed by atoms with Crippen molar-refractivity contribution >= 4 is 11.3 Å². The molecule has 1 aromatic heterocycles. The first kappa shape index (κ1) is 14.1. The molecule has 2 heteroatoms. The molecule has 0 amide bonds. The largest absolute Gasteiger partial charge is 0.314 e. The van der Waals surface area contributed by atoms with E-state index in [9.17, 15) is 0 Å². The molecule has 0 saturated heterocycles. The maximum absolute atomic E-state index is 3.67. The lowest BCUT2D eigenvalue weighted by atomic mass is 9.95. The average molecular weight is 265 g/mol. The SMILES string of the molecule is CCNC(CCc1ccsc1)CCC1CCCC1. The second kappa shape index (κ2) is 7.96. The molecule has 0 aromatic carbocycles. The first-order valence-electron chi connectivity index (χ1n) is 7.63. The van der Waals surface area contributed by atoms with Crippen molar-refractivity contribution in [1.29, 1.82) is 0 Å². The molecule has 102 valence electrons. The van der Waals surface area contributed by atoms with Gasteiger partial charge in [-0.05, 0) is 60.5 Å². The standard InChI is InChI=1S/C16H27NS/c1-2-17-16(9-7-14-5-3-4-6-14)10-8-15-11-12-18-13-15/h11-14,16-17H,2-10H2,1H3. The van der Waals surface area contributed by atoms with Gasteiger partial charge in [-0.2, -0.15) is 11.3 Å². The second-order valence-corrected chi connectivity index (χ2v) is 6.43. The van der Waals surface area contributed by atoms with E-state index in [2.05, 4.69) is 29.1 Å². The lowest BCUT2D eigenvalue weighted by molar-refractivity contribution is 0.394. The van der Waals surface area contributed by atoms with Crippen molar-refractivity contribution in [2.75, 3.05) is 6.54 Å². The van der Waals surface area contributed by atoms with Gasteiger partial charge in [-0.15, -0.1) is 0 Å². The Bertz CT molecular complexity index is 301. The van der Waals surface area contributed by atoms with Gasteiger partial charge in [0.05, 0.1) is 0 Å². The van der Waals surface area contributed by atoms with Crippen LogP contribution in [0.1, 0.15) is 57.4 Å². The minimum Gasteiger partial charge on any atom is -0.314 e. The van der Waals surface area contributed by atoms with Crippen molar-refractivity contribution in [2.24, 2.45) is 5.92 Å². The first-order chi connectivity index (χ1) is 8.88. The molecule has 0 aliphatic heterocycles. The first-order valence-corrected chi connectivity index (χ1v) is 8.57. The van der Waals surface area contributed by atoms with Crippen LogP contribution in [0, 0.1) is 5.92 Å². The molecule has 1 heterocycles. The highest BCUT2D eigenvalue weighted by atomic mass is 32.1. The van der Waals surface area contributed by atoms with Crippen LogP contribution in [0.25, 0.3) is 0 Å². The Morgan fingerprint density at radius 3 is 2.83 bits per heavy atom. The predicted octanol–water partition coefficient (Wildman–Crippen LogP) is 4.63. The average Bonchev–Trinajstić information content (AvgIpc) is 3.05. The summed E-state index contributed by atoms with van der Waals surface area (Å²) in [5, 5.41) is 8.15. The summed E-state index contributed by atoms with van der Waals surface area (Å²) in [7, 11) is 0. The van der Waals surface area contributed by atoms with E-state index in [1.54, 1.807) is 0 Å². The van der Waals surface area contributed by atoms with Crippen LogP contribution < -0.4 is 5.32 Å². The number of thiophene rings is 1. The van der Waals surface area contributed by atoms with E-state index in [0.29, 0.717) is 0 Å². The topological polar surface area (TPSA) is 12.0 Å². The fraction of sp³-hybridized carbons (Fsp3) is 0.750. The maximum atomic E-state index is 3.67. The van der Waals surface area contributed by atoms with Gasteiger partial charge in [-0.3, -0.25) is 0 Å². The van der Waals surface area contributed by atoms with Crippen LogP contribution >= 0.6 is 11.3 Å². The monoisotopic (exact) mass is 265 g/mol. The van der Waals surface area contributed by atoms with Gasteiger partial charge in [-0.25, -0.2) is 0 Å². The van der Waals surface area contributed by atoms with Crippen LogP contribution in [-0.2, 0) is 6.42 Å². The second-order valence-electron chi connectivity index (χ2n) is 5.65. The molecule has 1 saturated carbocycles. The third kappa shape index (κ3) is 4.74. The molecular formula is C16H27NS. The van der Waals surface area contributed by atoms with E-state index in [-0.39, 0.29) is 0 Å². The summed E-state index contributed by atoms with van der Waals surface area (Å²) in [6, 6.07) is 3.00. The van der Waals surface area contributed by atoms with E-state index >= 15 is 0 Å². The fourth-order valence-electron chi connectivity index (χ4n) is 3.15. The van der Waals surface area contributed by atoms with Crippen molar-refractivity contribution in [3.8, 4) is 0 Å². The molecule has 18 heavy (non-hydrogen) atoms. The van der Waals surface area contributed by atoms with Crippen LogP contribution in [0.2, 0.25) is 0 Å². The van der Waals surface area contributed by atoms with Crippen molar-refractivity contribution in [2.45, 2.75) is 64.3 Å². The van der Waals surface area contributed by atoms with E-state index in [1.165, 1.54) is 56.9 Å². The van der Waals surface area contributed by atoms with Crippen molar-refractivity contribution < 1.29 is 0 Å². The lowest BCUT2D eigenvalue weighted by Crippen LogP contribution is -2.29. The summed E-state index contributed by atoms with van der Waals surface area (Å²) < 4.78 is 0. The van der Waals surface area contributed by atoms with Crippen LogP contribution in [0.15, 0.2) is 16.8 Å². The highest BCUT2D eigenvalue weighted by Gasteiger charge is 2.17. The summed E-state index contributed by atoms with van der Waals surface area (Å²) in [5.41, 5.74) is 1.52. The number of hydrogen-bond acceptors (Lipinski definition) is 2. The molecule has 0 spiro atoms. The predicted molar refractivity (Wildman–Crippen MR) is 81.3 cm³/mol. The Balaban J connectivity index is 1.69. The molecule has 2 rings (SSSR count). The van der Waals surface area contributed by atoms with Crippen molar-refractivity contribution in [3.05, 3.63) is 22.4 Å². The van der Waals surface area contributed by atoms with Crippen LogP contribution in [-0.4, -0.2) is 12.6 Å². The minimum absolute atomic E-state index is 0.732. The van der Waals surface area contributed by atoms with Crippen LogP contribution in [0.3, 0.4) is 0 Å². The number of aryl methyl sites for hydroxylation is 1. The quantitative estimate of drug-likeness (QED) is 0.722. The van der Waals surface area contributed by atoms with E-state index in [1.807, 2.05) is 11.3 Å². The molecular weight excluding hydrogens is 238 g/mol. The summed E-state index contributed by atoms with van der Waals surface area (Å²) in [6.45, 7) is 3.34. The van der Waals surface area contributed by atoms with E-state index in [0.717, 1.165) is 18.5 Å². The van der Waals surface area contributed by atoms with Gasteiger partial charge >= 0.3 is 0 Å². The molecule has 1 aliphatic rings. The van der Waals surface area contributed by atoms with Crippen LogP contribution in [0.4, 0.5) is 0 Å². The van der Waals surface area contributed by atoms with Gasteiger partial charge < -0.3 is 5.32 Å². The van der Waals surface area contributed by atoms with Gasteiger partial charge in [0.15, 0.2) is 0 Å². The lowest BCUT2D eigenvalue weighted by Gasteiger charge is -2.19. The van der Waals surface area contributed by atoms with Crippen molar-refractivity contribution in [3.63, 3.8) is 0 Å². The Kier molecular flexibility index (Phi) is 6.22. The Morgan fingerprint density at radius 2 is 2.17 bits per heavy atom. The third-order valence-corrected chi connectivity index (χ3v) is 4.98. The zero-order valence-corrected chi connectivity index (χ0v) is 12.5. The molecule has 1 nitrogen and oxygen atoms in total. The third-order valence-electron chi connectivity index (χ3n) is 4.25. The van der Waals surface area contributed by atoms with Gasteiger partial charge in [0.25, 0.3) is 0 Å². The van der Waals surface area contributed by atoms with Crippen LogP contribution in [0.5, 0.6) is 0 Å². The van der Waals surface area contributed by atoms with Gasteiger partial charge in [0, 0.05) is 6.04 Å². The smallest absolute Gasteiger partial charge is 0.00702 e. The molecule has 1 aromatic rings. The highest BCUT2D eigenvalue weighted by molar-refractivity contribution is 7.07. The van der Waals surface area contributed by atoms with Gasteiger partial charge in [-0.1, -0.05) is 32.6 Å². The number of rotatable bonds is 8. The fourth-order valence-corrected chi connectivity index (χ4v) is 3.85. The van der Waals surface area contributed by atoms with Gasteiger partial charge in [0.1, 0.15) is 0 Å². The minimum atomic E-state index is 0.732. The summed E-state index contributed by atoms with van der Waals surface area (Å²) in [4.78, 5) is 0. The summed E-state index contributed by atoms with van der Waals surface area (Å²) in [5.74, 6) is 1.03. The summed E-state index contributed by atoms with van der Waals surface area (Å²) >= 11 is 1.82. The Labute approximate surface area is 116 Å². The summed E-state index contributed by atoms with van der Waals surface area (Å²) in [6.07, 6.45) is 11.3. The molecule has 1 aliphatic carbocycles. The molecule has 1 N–H and O–H groups in total. The zero-order valence-electron chi connectivity index (χ0n) is 11.7. The Morgan fingerprint density at radius 1 is 1.33 bits per heavy atom. The van der Waals surface area contributed by atoms with E-state index < -0.39 is 0 Å². The number of hydrogen-bond donors (Lipinski definition) is 1. The maximum Gasteiger partial charge on any atom is 0.00702 e. The van der Waals surface area contributed by atoms with Gasteiger partial charge in [0.2, 0.25) is 0 Å². The molecule has 1 atom stereocenters. The van der Waals surface area contributed by atoms with Crippen molar-refractivity contribution in [1.82, 2.24) is 5.32 Å². The zero-order chi connectivity index (χ0) is 12.6. The number of nitrogens with one attached hydrogen (secondary N) is 1. The Hall–Kier alpha value is -0.340. The molecule has 0 radical (unpaired) electrons. The molecule has 1 fully saturated rings. The van der Waals surface area contributed by atoms with E-state index in [4.69, 9.17) is 0 Å². The highest BCUT2D eigenvalue weighted by Crippen LogP contribution is 2.29. The molecule has 0 bridgehead atoms.